The van der Waals surface area contributed by atoms with Gasteiger partial charge in [-0.25, -0.2) is 5.43 Å². The van der Waals surface area contributed by atoms with Crippen molar-refractivity contribution in [3.8, 4) is 17.2 Å². The Hall–Kier alpha value is -3.54. The molecule has 0 atom stereocenters. The summed E-state index contributed by atoms with van der Waals surface area (Å²) in [6.07, 6.45) is 1.20. The second-order valence-corrected chi connectivity index (χ2v) is 5.13. The summed E-state index contributed by atoms with van der Waals surface area (Å²) in [5.41, 5.74) is 2.61. The maximum Gasteiger partial charge on any atom is 0.275 e. The van der Waals surface area contributed by atoms with Gasteiger partial charge in [0.25, 0.3) is 5.91 Å². The number of carbonyl (C=O) groups is 1. The number of para-hydroxylation sites is 1. The fourth-order valence-electron chi connectivity index (χ4n) is 2.28. The number of nitrogens with one attached hydrogen (secondary N) is 1. The Labute approximate surface area is 137 Å². The number of carbonyl (C=O) groups excluding carboxylic acids is 1. The first-order chi connectivity index (χ1) is 11.6. The van der Waals surface area contributed by atoms with Gasteiger partial charge in [-0.1, -0.05) is 30.3 Å². The zero-order valence-corrected chi connectivity index (χ0v) is 12.5. The predicted molar refractivity (Wildman–Crippen MR) is 90.4 cm³/mol. The monoisotopic (exact) mass is 322 g/mol. The van der Waals surface area contributed by atoms with Crippen molar-refractivity contribution in [3.05, 3.63) is 65.7 Å². The average molecular weight is 322 g/mol. The van der Waals surface area contributed by atoms with E-state index in [1.54, 1.807) is 6.07 Å². The number of phenols is 3. The lowest BCUT2D eigenvalue weighted by molar-refractivity contribution is 0.0952. The Bertz CT molecular complexity index is 951. The highest BCUT2D eigenvalue weighted by Gasteiger charge is 2.12. The summed E-state index contributed by atoms with van der Waals surface area (Å²) < 4.78 is 0. The van der Waals surface area contributed by atoms with Gasteiger partial charge in [0, 0.05) is 5.56 Å². The first-order valence-electron chi connectivity index (χ1n) is 7.12. The Balaban J connectivity index is 1.81. The molecule has 4 N–H and O–H groups in total. The van der Waals surface area contributed by atoms with Gasteiger partial charge in [0.05, 0.1) is 11.8 Å². The van der Waals surface area contributed by atoms with Crippen LogP contribution in [0.1, 0.15) is 15.9 Å². The van der Waals surface area contributed by atoms with Gasteiger partial charge in [-0.3, -0.25) is 4.79 Å². The molecule has 0 bridgehead atoms. The van der Waals surface area contributed by atoms with Gasteiger partial charge in [-0.15, -0.1) is 0 Å². The molecular formula is C18H14N2O4. The smallest absolute Gasteiger partial charge is 0.275 e. The molecule has 3 rings (SSSR count). The van der Waals surface area contributed by atoms with E-state index in [0.29, 0.717) is 0 Å². The van der Waals surface area contributed by atoms with Crippen molar-refractivity contribution in [1.29, 1.82) is 0 Å². The minimum atomic E-state index is -0.589. The minimum absolute atomic E-state index is 0.0889. The van der Waals surface area contributed by atoms with E-state index < -0.39 is 5.91 Å². The molecule has 3 aromatic carbocycles. The van der Waals surface area contributed by atoms with E-state index in [0.717, 1.165) is 10.8 Å². The van der Waals surface area contributed by atoms with Crippen molar-refractivity contribution in [2.75, 3.05) is 0 Å². The number of aromatic hydroxyl groups is 3. The number of rotatable bonds is 3. The highest BCUT2D eigenvalue weighted by Crippen LogP contribution is 2.27. The lowest BCUT2D eigenvalue weighted by atomic mass is 10.1. The third-order valence-corrected chi connectivity index (χ3v) is 3.52. The molecule has 6 nitrogen and oxygen atoms in total. The second-order valence-electron chi connectivity index (χ2n) is 5.13. The van der Waals surface area contributed by atoms with Crippen LogP contribution >= 0.6 is 0 Å². The molecule has 3 aromatic rings. The van der Waals surface area contributed by atoms with E-state index in [1.165, 1.54) is 30.5 Å². The van der Waals surface area contributed by atoms with Crippen molar-refractivity contribution in [2.24, 2.45) is 5.10 Å². The summed E-state index contributed by atoms with van der Waals surface area (Å²) in [5.74, 6) is -1.35. The first-order valence-corrected chi connectivity index (χ1v) is 7.12. The third kappa shape index (κ3) is 2.98. The van der Waals surface area contributed by atoms with E-state index in [4.69, 9.17) is 0 Å². The van der Waals surface area contributed by atoms with Gasteiger partial charge in [0.1, 0.15) is 5.75 Å². The SMILES string of the molecule is O=C(N/N=C/c1cccc(O)c1O)c1cc2ccccc2cc1O. The van der Waals surface area contributed by atoms with Crippen LogP contribution in [0.15, 0.2) is 59.7 Å². The van der Waals surface area contributed by atoms with E-state index in [9.17, 15) is 20.1 Å². The van der Waals surface area contributed by atoms with Crippen molar-refractivity contribution in [3.63, 3.8) is 0 Å². The molecule has 0 heterocycles. The predicted octanol–water partition coefficient (Wildman–Crippen LogP) is 2.72. The Morgan fingerprint density at radius 1 is 0.917 bits per heavy atom. The number of hydrogen-bond acceptors (Lipinski definition) is 5. The maximum absolute atomic E-state index is 12.2. The standard InChI is InChI=1S/C18H14N2O4/c21-15-7-3-6-13(17(15)23)10-19-20-18(24)14-8-11-4-1-2-5-12(11)9-16(14)22/h1-10,21-23H,(H,20,24)/b19-10+. The maximum atomic E-state index is 12.2. The van der Waals surface area contributed by atoms with E-state index >= 15 is 0 Å². The molecule has 120 valence electrons. The number of fused-ring (bicyclic) bond motifs is 1. The average Bonchev–Trinajstić information content (AvgIpc) is 2.58. The van der Waals surface area contributed by atoms with Gasteiger partial charge in [0.2, 0.25) is 0 Å². The van der Waals surface area contributed by atoms with Crippen molar-refractivity contribution >= 4 is 22.9 Å². The van der Waals surface area contributed by atoms with Gasteiger partial charge < -0.3 is 15.3 Å². The summed E-state index contributed by atoms with van der Waals surface area (Å²) >= 11 is 0. The van der Waals surface area contributed by atoms with Crippen LogP contribution < -0.4 is 5.43 Å². The number of hydrogen-bond donors (Lipinski definition) is 4. The zero-order chi connectivity index (χ0) is 17.1. The van der Waals surface area contributed by atoms with Crippen molar-refractivity contribution < 1.29 is 20.1 Å². The highest BCUT2D eigenvalue weighted by molar-refractivity contribution is 6.01. The molecular weight excluding hydrogens is 308 g/mol. The largest absolute Gasteiger partial charge is 0.507 e. The fourth-order valence-corrected chi connectivity index (χ4v) is 2.28. The lowest BCUT2D eigenvalue weighted by Crippen LogP contribution is -2.17. The van der Waals surface area contributed by atoms with E-state index in [2.05, 4.69) is 10.5 Å². The molecule has 0 radical (unpaired) electrons. The molecule has 0 spiro atoms. The highest BCUT2D eigenvalue weighted by atomic mass is 16.3. The fraction of sp³-hybridized carbons (Fsp3) is 0. The number of nitrogens with zero attached hydrogens (tertiary/aromatic N) is 1. The first kappa shape index (κ1) is 15.4. The van der Waals surface area contributed by atoms with E-state index in [-0.39, 0.29) is 28.4 Å². The van der Waals surface area contributed by atoms with Crippen LogP contribution in [0.5, 0.6) is 17.2 Å². The van der Waals surface area contributed by atoms with Crippen LogP contribution in [0.3, 0.4) is 0 Å². The van der Waals surface area contributed by atoms with Crippen molar-refractivity contribution in [2.45, 2.75) is 0 Å². The van der Waals surface area contributed by atoms with Crippen LogP contribution in [0, 0.1) is 0 Å². The van der Waals surface area contributed by atoms with Gasteiger partial charge in [0.15, 0.2) is 11.5 Å². The molecule has 0 unspecified atom stereocenters. The summed E-state index contributed by atoms with van der Waals surface area (Å²) in [6.45, 7) is 0. The molecule has 1 amide bonds. The summed E-state index contributed by atoms with van der Waals surface area (Å²) in [7, 11) is 0. The molecule has 0 aliphatic heterocycles. The van der Waals surface area contributed by atoms with Crippen LogP contribution in [0.2, 0.25) is 0 Å². The molecule has 0 saturated carbocycles. The summed E-state index contributed by atoms with van der Waals surface area (Å²) in [6, 6.07) is 14.8. The molecule has 0 aliphatic carbocycles. The molecule has 0 fully saturated rings. The number of phenolic OH excluding ortho intramolecular Hbond substituents is 3. The number of benzene rings is 3. The molecule has 0 saturated heterocycles. The number of amides is 1. The van der Waals surface area contributed by atoms with Crippen LogP contribution in [0.25, 0.3) is 10.8 Å². The normalized spacial score (nSPS) is 11.0. The van der Waals surface area contributed by atoms with Crippen molar-refractivity contribution in [1.82, 2.24) is 5.43 Å². The van der Waals surface area contributed by atoms with Gasteiger partial charge in [-0.2, -0.15) is 5.10 Å². The number of hydrazone groups is 1. The molecule has 0 aliphatic rings. The van der Waals surface area contributed by atoms with Crippen LogP contribution in [0.4, 0.5) is 0 Å². The zero-order valence-electron chi connectivity index (χ0n) is 12.5. The second kappa shape index (κ2) is 6.29. The summed E-state index contributed by atoms with van der Waals surface area (Å²) in [4.78, 5) is 12.2. The summed E-state index contributed by atoms with van der Waals surface area (Å²) in [5, 5.41) is 34.4. The Morgan fingerprint density at radius 3 is 2.38 bits per heavy atom. The van der Waals surface area contributed by atoms with Crippen LogP contribution in [-0.4, -0.2) is 27.4 Å². The quantitative estimate of drug-likeness (QED) is 0.338. The minimum Gasteiger partial charge on any atom is -0.507 e. The topological polar surface area (TPSA) is 102 Å². The molecule has 0 aromatic heterocycles. The molecule has 24 heavy (non-hydrogen) atoms. The van der Waals surface area contributed by atoms with Crippen LogP contribution in [-0.2, 0) is 0 Å². The van der Waals surface area contributed by atoms with Gasteiger partial charge in [-0.05, 0) is 35.0 Å². The van der Waals surface area contributed by atoms with Gasteiger partial charge >= 0.3 is 0 Å². The third-order valence-electron chi connectivity index (χ3n) is 3.52. The Kier molecular flexibility index (Phi) is 4.03. The van der Waals surface area contributed by atoms with E-state index in [1.807, 2.05) is 24.3 Å². The molecule has 6 heteroatoms. The lowest BCUT2D eigenvalue weighted by Gasteiger charge is -2.06. The Morgan fingerprint density at radius 2 is 1.62 bits per heavy atom.